The predicted octanol–water partition coefficient (Wildman–Crippen LogP) is 4.71. The molecule has 1 aromatic carbocycles. The van der Waals surface area contributed by atoms with E-state index < -0.39 is 0 Å². The van der Waals surface area contributed by atoms with E-state index in [0.717, 1.165) is 12.5 Å². The fraction of sp³-hybridized carbons (Fsp3) is 0.600. The second-order valence-corrected chi connectivity index (χ2v) is 4.70. The smallest absolute Gasteiger partial charge is 0.0340 e. The standard InChI is InChI=1S/C15H25N/c1-3-4-5-7-10-14(2)13-16-15-11-8-6-9-12-15/h6,8-9,11-12,14,16H,3-5,7,10,13H2,1-2H3/t14-/m1/s1. The van der Waals surface area contributed by atoms with E-state index in [4.69, 9.17) is 0 Å². The normalized spacial score (nSPS) is 12.4. The first-order valence-electron chi connectivity index (χ1n) is 6.62. The van der Waals surface area contributed by atoms with Crippen LogP contribution in [0.4, 0.5) is 5.69 Å². The molecule has 0 bridgehead atoms. The molecule has 1 N–H and O–H groups in total. The maximum atomic E-state index is 3.49. The fourth-order valence-corrected chi connectivity index (χ4v) is 1.87. The molecule has 90 valence electrons. The van der Waals surface area contributed by atoms with Gasteiger partial charge >= 0.3 is 0 Å². The summed E-state index contributed by atoms with van der Waals surface area (Å²) in [7, 11) is 0. The largest absolute Gasteiger partial charge is 0.385 e. The van der Waals surface area contributed by atoms with Gasteiger partial charge in [0, 0.05) is 12.2 Å². The molecule has 0 saturated heterocycles. The lowest BCUT2D eigenvalue weighted by atomic mass is 10.0. The zero-order chi connectivity index (χ0) is 11.6. The minimum absolute atomic E-state index is 0.775. The molecule has 1 heteroatoms. The number of hydrogen-bond acceptors (Lipinski definition) is 1. The van der Waals surface area contributed by atoms with Gasteiger partial charge < -0.3 is 5.32 Å². The van der Waals surface area contributed by atoms with Gasteiger partial charge in [0.25, 0.3) is 0 Å². The van der Waals surface area contributed by atoms with E-state index in [2.05, 4.69) is 49.5 Å². The molecule has 0 unspecified atom stereocenters. The first kappa shape index (κ1) is 13.1. The van der Waals surface area contributed by atoms with E-state index in [-0.39, 0.29) is 0 Å². The Kier molecular flexibility index (Phi) is 6.71. The van der Waals surface area contributed by atoms with Gasteiger partial charge in [-0.1, -0.05) is 57.7 Å². The van der Waals surface area contributed by atoms with E-state index in [1.165, 1.54) is 37.8 Å². The summed E-state index contributed by atoms with van der Waals surface area (Å²) >= 11 is 0. The summed E-state index contributed by atoms with van der Waals surface area (Å²) in [6.07, 6.45) is 6.84. The van der Waals surface area contributed by atoms with Crippen molar-refractivity contribution in [2.75, 3.05) is 11.9 Å². The average molecular weight is 219 g/mol. The van der Waals surface area contributed by atoms with E-state index in [0.29, 0.717) is 0 Å². The van der Waals surface area contributed by atoms with Crippen molar-refractivity contribution >= 4 is 5.69 Å². The van der Waals surface area contributed by atoms with Crippen molar-refractivity contribution in [3.63, 3.8) is 0 Å². The van der Waals surface area contributed by atoms with Gasteiger partial charge in [-0.05, 0) is 24.5 Å². The van der Waals surface area contributed by atoms with Gasteiger partial charge in [-0.15, -0.1) is 0 Å². The number of hydrogen-bond donors (Lipinski definition) is 1. The van der Waals surface area contributed by atoms with Crippen LogP contribution in [-0.2, 0) is 0 Å². The van der Waals surface area contributed by atoms with Crippen molar-refractivity contribution in [3.05, 3.63) is 30.3 Å². The molecule has 1 rings (SSSR count). The van der Waals surface area contributed by atoms with Crippen molar-refractivity contribution < 1.29 is 0 Å². The topological polar surface area (TPSA) is 12.0 Å². The highest BCUT2D eigenvalue weighted by atomic mass is 14.9. The second-order valence-electron chi connectivity index (χ2n) is 4.70. The molecule has 0 fully saturated rings. The Bertz CT molecular complexity index is 255. The van der Waals surface area contributed by atoms with Crippen molar-refractivity contribution in [1.29, 1.82) is 0 Å². The molecule has 0 aliphatic carbocycles. The molecule has 1 atom stereocenters. The first-order valence-corrected chi connectivity index (χ1v) is 6.62. The van der Waals surface area contributed by atoms with Gasteiger partial charge in [-0.25, -0.2) is 0 Å². The molecule has 1 aromatic rings. The van der Waals surface area contributed by atoms with Crippen molar-refractivity contribution in [3.8, 4) is 0 Å². The number of rotatable bonds is 8. The highest BCUT2D eigenvalue weighted by Crippen LogP contribution is 2.12. The third kappa shape index (κ3) is 5.79. The van der Waals surface area contributed by atoms with Crippen molar-refractivity contribution in [2.24, 2.45) is 5.92 Å². The summed E-state index contributed by atoms with van der Waals surface area (Å²) in [6.45, 7) is 5.69. The summed E-state index contributed by atoms with van der Waals surface area (Å²) in [4.78, 5) is 0. The van der Waals surface area contributed by atoms with Crippen LogP contribution < -0.4 is 5.32 Å². The van der Waals surface area contributed by atoms with Crippen LogP contribution in [0.5, 0.6) is 0 Å². The van der Waals surface area contributed by atoms with Gasteiger partial charge in [0.15, 0.2) is 0 Å². The van der Waals surface area contributed by atoms with Crippen LogP contribution in [0.1, 0.15) is 46.0 Å². The molecule has 0 radical (unpaired) electrons. The summed E-state index contributed by atoms with van der Waals surface area (Å²) in [5.74, 6) is 0.775. The monoisotopic (exact) mass is 219 g/mol. The second kappa shape index (κ2) is 8.20. The summed E-state index contributed by atoms with van der Waals surface area (Å²) in [5, 5.41) is 3.49. The SMILES string of the molecule is CCCCCC[C@@H](C)CNc1ccccc1. The number of nitrogens with one attached hydrogen (secondary N) is 1. The number of unbranched alkanes of at least 4 members (excludes halogenated alkanes) is 3. The van der Waals surface area contributed by atoms with Crippen LogP contribution in [0.25, 0.3) is 0 Å². The van der Waals surface area contributed by atoms with Crippen LogP contribution in [0, 0.1) is 5.92 Å². The molecular formula is C15H25N. The van der Waals surface area contributed by atoms with Crippen LogP contribution in [0.15, 0.2) is 30.3 Å². The highest BCUT2D eigenvalue weighted by Gasteiger charge is 2.01. The van der Waals surface area contributed by atoms with Gasteiger partial charge in [0.2, 0.25) is 0 Å². The van der Waals surface area contributed by atoms with Crippen LogP contribution in [0.2, 0.25) is 0 Å². The molecule has 0 spiro atoms. The van der Waals surface area contributed by atoms with E-state index in [1.54, 1.807) is 0 Å². The van der Waals surface area contributed by atoms with E-state index in [1.807, 2.05) is 0 Å². The Balaban J connectivity index is 2.08. The predicted molar refractivity (Wildman–Crippen MR) is 72.9 cm³/mol. The Hall–Kier alpha value is -0.980. The molecule has 0 aliphatic heterocycles. The van der Waals surface area contributed by atoms with Gasteiger partial charge in [0.05, 0.1) is 0 Å². The lowest BCUT2D eigenvalue weighted by molar-refractivity contribution is 0.508. The lowest BCUT2D eigenvalue weighted by Crippen LogP contribution is -2.11. The number of benzene rings is 1. The molecule has 0 aliphatic rings. The third-order valence-electron chi connectivity index (χ3n) is 2.98. The van der Waals surface area contributed by atoms with Gasteiger partial charge in [-0.3, -0.25) is 0 Å². The first-order chi connectivity index (χ1) is 7.83. The third-order valence-corrected chi connectivity index (χ3v) is 2.98. The Morgan fingerprint density at radius 2 is 1.81 bits per heavy atom. The number of anilines is 1. The zero-order valence-corrected chi connectivity index (χ0v) is 10.7. The Morgan fingerprint density at radius 1 is 1.06 bits per heavy atom. The number of para-hydroxylation sites is 1. The molecule has 0 aromatic heterocycles. The molecule has 0 amide bonds. The molecule has 0 heterocycles. The molecular weight excluding hydrogens is 194 g/mol. The minimum Gasteiger partial charge on any atom is -0.385 e. The average Bonchev–Trinajstić information content (AvgIpc) is 2.33. The lowest BCUT2D eigenvalue weighted by Gasteiger charge is -2.13. The minimum atomic E-state index is 0.775. The molecule has 0 saturated carbocycles. The quantitative estimate of drug-likeness (QED) is 0.625. The molecule has 16 heavy (non-hydrogen) atoms. The maximum absolute atomic E-state index is 3.49. The molecule has 1 nitrogen and oxygen atoms in total. The van der Waals surface area contributed by atoms with Crippen LogP contribution in [-0.4, -0.2) is 6.54 Å². The summed E-state index contributed by atoms with van der Waals surface area (Å²) in [5.41, 5.74) is 1.24. The fourth-order valence-electron chi connectivity index (χ4n) is 1.87. The van der Waals surface area contributed by atoms with E-state index in [9.17, 15) is 0 Å². The van der Waals surface area contributed by atoms with Crippen LogP contribution >= 0.6 is 0 Å². The van der Waals surface area contributed by atoms with Crippen molar-refractivity contribution in [1.82, 2.24) is 0 Å². The van der Waals surface area contributed by atoms with E-state index >= 15 is 0 Å². The van der Waals surface area contributed by atoms with Crippen molar-refractivity contribution in [2.45, 2.75) is 46.0 Å². The Morgan fingerprint density at radius 3 is 2.50 bits per heavy atom. The Labute approximate surface area is 100 Å². The van der Waals surface area contributed by atoms with Gasteiger partial charge in [0.1, 0.15) is 0 Å². The summed E-state index contributed by atoms with van der Waals surface area (Å²) in [6, 6.07) is 10.5. The zero-order valence-electron chi connectivity index (χ0n) is 10.7. The maximum Gasteiger partial charge on any atom is 0.0340 e. The van der Waals surface area contributed by atoms with Gasteiger partial charge in [-0.2, -0.15) is 0 Å². The summed E-state index contributed by atoms with van der Waals surface area (Å²) < 4.78 is 0. The highest BCUT2D eigenvalue weighted by molar-refractivity contribution is 5.42. The van der Waals surface area contributed by atoms with Crippen LogP contribution in [0.3, 0.4) is 0 Å².